The molecule has 0 bridgehead atoms. The van der Waals surface area contributed by atoms with Crippen LogP contribution in [0.25, 0.3) is 0 Å². The number of ether oxygens (including phenoxy) is 1. The van der Waals surface area contributed by atoms with E-state index in [1.807, 2.05) is 12.1 Å². The van der Waals surface area contributed by atoms with Crippen LogP contribution in [0.3, 0.4) is 0 Å². The first-order chi connectivity index (χ1) is 10.1. The summed E-state index contributed by atoms with van der Waals surface area (Å²) in [5.74, 6) is 2.00. The van der Waals surface area contributed by atoms with Crippen molar-refractivity contribution in [3.05, 3.63) is 23.2 Å². The van der Waals surface area contributed by atoms with Crippen molar-refractivity contribution in [2.75, 3.05) is 19.0 Å². The second kappa shape index (κ2) is 5.76. The van der Waals surface area contributed by atoms with Crippen LogP contribution >= 0.6 is 11.6 Å². The number of nitrogens with zero attached hydrogens (tertiary/aromatic N) is 1. The summed E-state index contributed by atoms with van der Waals surface area (Å²) in [6, 6.07) is 5.49. The fourth-order valence-electron chi connectivity index (χ4n) is 3.20. The van der Waals surface area contributed by atoms with Crippen molar-refractivity contribution in [2.45, 2.75) is 32.1 Å². The molecule has 0 aromatic heterocycles. The average molecular weight is 308 g/mol. The Morgan fingerprint density at radius 1 is 1.48 bits per heavy atom. The zero-order valence-corrected chi connectivity index (χ0v) is 13.1. The number of benzene rings is 1. The fraction of sp³-hybridized carbons (Fsp3) is 0.562. The van der Waals surface area contributed by atoms with Crippen molar-refractivity contribution in [1.82, 2.24) is 0 Å². The van der Waals surface area contributed by atoms with Crippen molar-refractivity contribution in [1.29, 1.82) is 0 Å². The van der Waals surface area contributed by atoms with Gasteiger partial charge in [0, 0.05) is 12.2 Å². The van der Waals surface area contributed by atoms with Gasteiger partial charge in [0.1, 0.15) is 5.75 Å². The minimum absolute atomic E-state index is 0.448. The molecule has 0 heterocycles. The lowest BCUT2D eigenvalue weighted by Crippen LogP contribution is -2.36. The standard InChI is InChI=1S/C16H22ClN3O/c1-21-14-6-5-12(9-13(14)17)20-15(18)19-10-16(7-2-8-16)11-3-4-11/h5-6,9,11H,2-4,7-8,10H2,1H3,(H3,18,19,20). The highest BCUT2D eigenvalue weighted by atomic mass is 35.5. The second-order valence-electron chi connectivity index (χ2n) is 6.17. The highest BCUT2D eigenvalue weighted by molar-refractivity contribution is 6.32. The number of nitrogens with two attached hydrogens (primary N) is 1. The molecule has 1 aromatic rings. The van der Waals surface area contributed by atoms with Gasteiger partial charge in [0.15, 0.2) is 5.96 Å². The van der Waals surface area contributed by atoms with E-state index in [0.29, 0.717) is 22.1 Å². The Kier molecular flexibility index (Phi) is 3.98. The summed E-state index contributed by atoms with van der Waals surface area (Å²) >= 11 is 6.10. The minimum Gasteiger partial charge on any atom is -0.495 e. The summed E-state index contributed by atoms with van der Waals surface area (Å²) in [6.45, 7) is 0.848. The summed E-state index contributed by atoms with van der Waals surface area (Å²) in [4.78, 5) is 4.56. The zero-order chi connectivity index (χ0) is 14.9. The van der Waals surface area contributed by atoms with E-state index in [4.69, 9.17) is 22.1 Å². The predicted molar refractivity (Wildman–Crippen MR) is 87.1 cm³/mol. The Bertz CT molecular complexity index is 550. The number of anilines is 1. The Morgan fingerprint density at radius 3 is 2.76 bits per heavy atom. The van der Waals surface area contributed by atoms with Gasteiger partial charge in [0.05, 0.1) is 12.1 Å². The quantitative estimate of drug-likeness (QED) is 0.645. The van der Waals surface area contributed by atoms with Gasteiger partial charge in [-0.05, 0) is 55.2 Å². The number of rotatable bonds is 5. The van der Waals surface area contributed by atoms with E-state index >= 15 is 0 Å². The van der Waals surface area contributed by atoms with E-state index in [-0.39, 0.29) is 0 Å². The number of hydrogen-bond acceptors (Lipinski definition) is 2. The van der Waals surface area contributed by atoms with Gasteiger partial charge in [-0.3, -0.25) is 4.99 Å². The molecular formula is C16H22ClN3O. The van der Waals surface area contributed by atoms with Gasteiger partial charge in [0.2, 0.25) is 0 Å². The van der Waals surface area contributed by atoms with Crippen LogP contribution in [-0.4, -0.2) is 19.6 Å². The summed E-state index contributed by atoms with van der Waals surface area (Å²) in [6.07, 6.45) is 6.70. The third-order valence-electron chi connectivity index (χ3n) is 4.78. The molecule has 4 nitrogen and oxygen atoms in total. The molecule has 2 saturated carbocycles. The Balaban J connectivity index is 1.61. The van der Waals surface area contributed by atoms with Crippen LogP contribution in [-0.2, 0) is 0 Å². The van der Waals surface area contributed by atoms with Gasteiger partial charge < -0.3 is 15.8 Å². The highest BCUT2D eigenvalue weighted by Crippen LogP contribution is 2.57. The number of halogens is 1. The number of guanidine groups is 1. The Labute approximate surface area is 130 Å². The second-order valence-corrected chi connectivity index (χ2v) is 6.57. The zero-order valence-electron chi connectivity index (χ0n) is 12.4. The lowest BCUT2D eigenvalue weighted by Gasteiger charge is -2.41. The molecule has 2 aliphatic carbocycles. The minimum atomic E-state index is 0.448. The van der Waals surface area contributed by atoms with Gasteiger partial charge in [-0.2, -0.15) is 0 Å². The molecule has 0 atom stereocenters. The van der Waals surface area contributed by atoms with Gasteiger partial charge in [-0.1, -0.05) is 18.0 Å². The van der Waals surface area contributed by atoms with E-state index in [2.05, 4.69) is 10.3 Å². The topological polar surface area (TPSA) is 59.6 Å². The molecule has 0 unspecified atom stereocenters. The van der Waals surface area contributed by atoms with E-state index in [0.717, 1.165) is 18.2 Å². The Morgan fingerprint density at radius 2 is 2.24 bits per heavy atom. The normalized spacial score (nSPS) is 20.8. The van der Waals surface area contributed by atoms with Crippen LogP contribution in [0.2, 0.25) is 5.02 Å². The van der Waals surface area contributed by atoms with Crippen molar-refractivity contribution >= 4 is 23.2 Å². The van der Waals surface area contributed by atoms with E-state index in [1.165, 1.54) is 32.1 Å². The van der Waals surface area contributed by atoms with E-state index in [9.17, 15) is 0 Å². The van der Waals surface area contributed by atoms with Gasteiger partial charge >= 0.3 is 0 Å². The van der Waals surface area contributed by atoms with Crippen molar-refractivity contribution in [3.63, 3.8) is 0 Å². The van der Waals surface area contributed by atoms with Crippen molar-refractivity contribution in [3.8, 4) is 5.75 Å². The molecule has 0 saturated heterocycles. The molecule has 114 valence electrons. The third kappa shape index (κ3) is 3.10. The van der Waals surface area contributed by atoms with Crippen molar-refractivity contribution in [2.24, 2.45) is 22.1 Å². The molecule has 0 aliphatic heterocycles. The maximum absolute atomic E-state index is 6.10. The molecule has 0 spiro atoms. The van der Waals surface area contributed by atoms with E-state index < -0.39 is 0 Å². The van der Waals surface area contributed by atoms with Crippen LogP contribution in [0.5, 0.6) is 5.75 Å². The van der Waals surface area contributed by atoms with Gasteiger partial charge in [-0.15, -0.1) is 0 Å². The summed E-state index contributed by atoms with van der Waals surface area (Å²) < 4.78 is 5.13. The highest BCUT2D eigenvalue weighted by Gasteiger charge is 2.48. The first-order valence-corrected chi connectivity index (χ1v) is 7.91. The fourth-order valence-corrected chi connectivity index (χ4v) is 3.45. The molecule has 0 amide bonds. The maximum atomic E-state index is 6.10. The number of nitrogens with one attached hydrogen (secondary N) is 1. The molecular weight excluding hydrogens is 286 g/mol. The summed E-state index contributed by atoms with van der Waals surface area (Å²) in [5.41, 5.74) is 7.28. The number of methoxy groups -OCH3 is 1. The Hall–Kier alpha value is -1.42. The molecule has 0 radical (unpaired) electrons. The van der Waals surface area contributed by atoms with Crippen LogP contribution in [0.4, 0.5) is 5.69 Å². The van der Waals surface area contributed by atoms with Crippen LogP contribution in [0.15, 0.2) is 23.2 Å². The van der Waals surface area contributed by atoms with Crippen LogP contribution in [0.1, 0.15) is 32.1 Å². The molecule has 21 heavy (non-hydrogen) atoms. The summed E-state index contributed by atoms with van der Waals surface area (Å²) in [7, 11) is 1.60. The number of hydrogen-bond donors (Lipinski definition) is 2. The monoisotopic (exact) mass is 307 g/mol. The third-order valence-corrected chi connectivity index (χ3v) is 5.08. The van der Waals surface area contributed by atoms with Crippen molar-refractivity contribution < 1.29 is 4.74 Å². The molecule has 2 aliphatic rings. The summed E-state index contributed by atoms with van der Waals surface area (Å²) in [5, 5.41) is 3.66. The molecule has 5 heteroatoms. The van der Waals surface area contributed by atoms with E-state index in [1.54, 1.807) is 13.2 Å². The molecule has 2 fully saturated rings. The molecule has 3 N–H and O–H groups in total. The van der Waals surface area contributed by atoms with Gasteiger partial charge in [-0.25, -0.2) is 0 Å². The smallest absolute Gasteiger partial charge is 0.193 e. The van der Waals surface area contributed by atoms with Crippen LogP contribution < -0.4 is 15.8 Å². The molecule has 3 rings (SSSR count). The SMILES string of the molecule is COc1ccc(NC(N)=NCC2(C3CC3)CCC2)cc1Cl. The predicted octanol–water partition coefficient (Wildman–Crippen LogP) is 3.66. The largest absolute Gasteiger partial charge is 0.495 e. The maximum Gasteiger partial charge on any atom is 0.193 e. The lowest BCUT2D eigenvalue weighted by atomic mass is 9.65. The number of aliphatic imine (C=N–C) groups is 1. The average Bonchev–Trinajstić information content (AvgIpc) is 3.22. The first kappa shape index (κ1) is 14.5. The van der Waals surface area contributed by atoms with Crippen LogP contribution in [0, 0.1) is 11.3 Å². The lowest BCUT2D eigenvalue weighted by molar-refractivity contribution is 0.113. The first-order valence-electron chi connectivity index (χ1n) is 7.53. The molecule has 1 aromatic carbocycles. The van der Waals surface area contributed by atoms with Gasteiger partial charge in [0.25, 0.3) is 0 Å².